The molecule has 1 unspecified atom stereocenters. The molecule has 6 nitrogen and oxygen atoms in total. The summed E-state index contributed by atoms with van der Waals surface area (Å²) in [5.74, 6) is 0.102. The number of hydrogen-bond acceptors (Lipinski definition) is 5. The molecule has 2 rings (SSSR count). The number of ether oxygens (including phenoxy) is 1. The van der Waals surface area contributed by atoms with Crippen molar-refractivity contribution in [3.63, 3.8) is 0 Å². The van der Waals surface area contributed by atoms with E-state index >= 15 is 0 Å². The van der Waals surface area contributed by atoms with Crippen molar-refractivity contribution in [1.29, 1.82) is 0 Å². The molecule has 20 heavy (non-hydrogen) atoms. The lowest BCUT2D eigenvalue weighted by Gasteiger charge is -2.14. The maximum absolute atomic E-state index is 12.2. The summed E-state index contributed by atoms with van der Waals surface area (Å²) < 4.78 is 32.9. The predicted octanol–water partition coefficient (Wildman–Crippen LogP) is 1.62. The Balaban J connectivity index is 2.15. The molecule has 1 aliphatic heterocycles. The molecular weight excluding hydrogens is 306 g/mol. The smallest absolute Gasteiger partial charge is 0.289 e. The van der Waals surface area contributed by atoms with Gasteiger partial charge in [-0.15, -0.1) is 0 Å². The van der Waals surface area contributed by atoms with Gasteiger partial charge < -0.3 is 14.1 Å². The number of rotatable bonds is 4. The Hall–Kier alpha value is -1.05. The van der Waals surface area contributed by atoms with Crippen LogP contribution in [0.3, 0.4) is 0 Å². The molecule has 1 fully saturated rings. The minimum atomic E-state index is -3.90. The Labute approximate surface area is 122 Å². The second-order valence-electron chi connectivity index (χ2n) is 4.83. The molecule has 0 saturated carbocycles. The quantitative estimate of drug-likeness (QED) is 0.788. The predicted molar refractivity (Wildman–Crippen MR) is 72.4 cm³/mol. The lowest BCUT2D eigenvalue weighted by atomic mass is 10.1. The Morgan fingerprint density at radius 3 is 2.85 bits per heavy atom. The molecule has 1 aromatic rings. The van der Waals surface area contributed by atoms with Crippen molar-refractivity contribution in [3.05, 3.63) is 17.6 Å². The van der Waals surface area contributed by atoms with Crippen molar-refractivity contribution in [1.82, 2.24) is 4.90 Å². The first-order valence-electron chi connectivity index (χ1n) is 6.16. The summed E-state index contributed by atoms with van der Waals surface area (Å²) in [4.78, 5) is 13.7. The first-order chi connectivity index (χ1) is 9.32. The van der Waals surface area contributed by atoms with Crippen LogP contribution in [0.2, 0.25) is 0 Å². The lowest BCUT2D eigenvalue weighted by Crippen LogP contribution is -2.28. The van der Waals surface area contributed by atoms with Gasteiger partial charge in [0.05, 0.1) is 6.61 Å². The summed E-state index contributed by atoms with van der Waals surface area (Å²) in [5, 5.41) is 0. The SMILES string of the molecule is COCC1CCN(C(=O)c2cc(S(=O)(=O)Cl)c(C)o2)C1. The van der Waals surface area contributed by atoms with Gasteiger partial charge in [0.2, 0.25) is 0 Å². The number of nitrogens with zero attached hydrogens (tertiary/aromatic N) is 1. The average molecular weight is 322 g/mol. The number of furan rings is 1. The molecule has 2 heterocycles. The number of halogens is 1. The average Bonchev–Trinajstić information content (AvgIpc) is 2.94. The highest BCUT2D eigenvalue weighted by molar-refractivity contribution is 8.13. The second kappa shape index (κ2) is 5.75. The van der Waals surface area contributed by atoms with E-state index in [-0.39, 0.29) is 22.3 Å². The Morgan fingerprint density at radius 2 is 2.30 bits per heavy atom. The van der Waals surface area contributed by atoms with Crippen molar-refractivity contribution < 1.29 is 22.4 Å². The van der Waals surface area contributed by atoms with E-state index in [4.69, 9.17) is 19.8 Å². The molecule has 112 valence electrons. The van der Waals surface area contributed by atoms with Crippen molar-refractivity contribution in [3.8, 4) is 0 Å². The van der Waals surface area contributed by atoms with Crippen LogP contribution < -0.4 is 0 Å². The Bertz CT molecular complexity index is 609. The number of aryl methyl sites for hydroxylation is 1. The summed E-state index contributed by atoms with van der Waals surface area (Å²) in [6, 6.07) is 1.18. The first-order valence-corrected chi connectivity index (χ1v) is 8.47. The molecule has 0 radical (unpaired) electrons. The largest absolute Gasteiger partial charge is 0.455 e. The van der Waals surface area contributed by atoms with Gasteiger partial charge in [0.1, 0.15) is 10.7 Å². The van der Waals surface area contributed by atoms with Crippen LogP contribution in [0.15, 0.2) is 15.4 Å². The zero-order valence-corrected chi connectivity index (χ0v) is 12.8. The van der Waals surface area contributed by atoms with Gasteiger partial charge in [-0.1, -0.05) is 0 Å². The van der Waals surface area contributed by atoms with Gasteiger partial charge in [0, 0.05) is 42.9 Å². The van der Waals surface area contributed by atoms with E-state index in [1.807, 2.05) is 0 Å². The molecule has 1 aromatic heterocycles. The Kier molecular flexibility index (Phi) is 4.41. The van der Waals surface area contributed by atoms with Crippen LogP contribution in [-0.2, 0) is 13.8 Å². The molecule has 1 amide bonds. The molecule has 1 atom stereocenters. The third kappa shape index (κ3) is 3.16. The maximum Gasteiger partial charge on any atom is 0.289 e. The van der Waals surface area contributed by atoms with Crippen LogP contribution in [0.5, 0.6) is 0 Å². The number of carbonyl (C=O) groups excluding carboxylic acids is 1. The van der Waals surface area contributed by atoms with Crippen LogP contribution in [0.4, 0.5) is 0 Å². The fraction of sp³-hybridized carbons (Fsp3) is 0.583. The molecule has 0 bridgehead atoms. The number of amides is 1. The van der Waals surface area contributed by atoms with Crippen LogP contribution >= 0.6 is 10.7 Å². The fourth-order valence-electron chi connectivity index (χ4n) is 2.36. The standard InChI is InChI=1S/C12H16ClNO5S/c1-8-11(20(13,16)17)5-10(19-8)12(15)14-4-3-9(6-14)7-18-2/h5,9H,3-4,6-7H2,1-2H3. The highest BCUT2D eigenvalue weighted by Gasteiger charge is 2.30. The minimum Gasteiger partial charge on any atom is -0.455 e. The van der Waals surface area contributed by atoms with Crippen LogP contribution in [0.25, 0.3) is 0 Å². The molecule has 0 aliphatic carbocycles. The number of carbonyl (C=O) groups is 1. The topological polar surface area (TPSA) is 76.8 Å². The number of methoxy groups -OCH3 is 1. The minimum absolute atomic E-state index is 0.000193. The second-order valence-corrected chi connectivity index (χ2v) is 7.36. The van der Waals surface area contributed by atoms with Crippen LogP contribution in [0.1, 0.15) is 22.7 Å². The lowest BCUT2D eigenvalue weighted by molar-refractivity contribution is 0.0743. The first kappa shape index (κ1) is 15.3. The van der Waals surface area contributed by atoms with Crippen LogP contribution in [0, 0.1) is 12.8 Å². The van der Waals surface area contributed by atoms with Crippen molar-refractivity contribution in [2.24, 2.45) is 5.92 Å². The summed E-state index contributed by atoms with van der Waals surface area (Å²) in [6.45, 7) is 3.25. The van der Waals surface area contributed by atoms with E-state index in [1.54, 1.807) is 12.0 Å². The normalized spacial score (nSPS) is 19.6. The molecule has 8 heteroatoms. The molecule has 0 spiro atoms. The summed E-state index contributed by atoms with van der Waals surface area (Å²) >= 11 is 0. The molecule has 1 aliphatic rings. The molecule has 1 saturated heterocycles. The van der Waals surface area contributed by atoms with E-state index in [1.165, 1.54) is 13.0 Å². The van der Waals surface area contributed by atoms with Crippen molar-refractivity contribution in [2.45, 2.75) is 18.2 Å². The Morgan fingerprint density at radius 1 is 1.60 bits per heavy atom. The van der Waals surface area contributed by atoms with E-state index in [2.05, 4.69) is 0 Å². The van der Waals surface area contributed by atoms with E-state index in [9.17, 15) is 13.2 Å². The summed E-state index contributed by atoms with van der Waals surface area (Å²) in [7, 11) is 3.00. The van der Waals surface area contributed by atoms with Crippen molar-refractivity contribution in [2.75, 3.05) is 26.8 Å². The molecule has 0 aromatic carbocycles. The van der Waals surface area contributed by atoms with Gasteiger partial charge in [0.15, 0.2) is 5.76 Å². The summed E-state index contributed by atoms with van der Waals surface area (Å²) in [6.07, 6.45) is 0.861. The van der Waals surface area contributed by atoms with Gasteiger partial charge >= 0.3 is 0 Å². The van der Waals surface area contributed by atoms with E-state index in [0.29, 0.717) is 25.6 Å². The fourth-order valence-corrected chi connectivity index (χ4v) is 3.45. The van der Waals surface area contributed by atoms with Gasteiger partial charge in [0.25, 0.3) is 15.0 Å². The highest BCUT2D eigenvalue weighted by Crippen LogP contribution is 2.26. The number of likely N-dealkylation sites (tertiary alicyclic amines) is 1. The zero-order chi connectivity index (χ0) is 14.9. The van der Waals surface area contributed by atoms with Gasteiger partial charge in [-0.2, -0.15) is 0 Å². The third-order valence-electron chi connectivity index (χ3n) is 3.32. The molecule has 0 N–H and O–H groups in total. The summed E-state index contributed by atoms with van der Waals surface area (Å²) in [5.41, 5.74) is 0. The van der Waals surface area contributed by atoms with E-state index < -0.39 is 9.05 Å². The maximum atomic E-state index is 12.2. The molecular formula is C12H16ClNO5S. The van der Waals surface area contributed by atoms with Gasteiger partial charge in [-0.3, -0.25) is 4.79 Å². The third-order valence-corrected chi connectivity index (χ3v) is 4.75. The van der Waals surface area contributed by atoms with Gasteiger partial charge in [-0.05, 0) is 13.3 Å². The number of hydrogen-bond donors (Lipinski definition) is 0. The van der Waals surface area contributed by atoms with Crippen LogP contribution in [-0.4, -0.2) is 46.0 Å². The van der Waals surface area contributed by atoms with Crippen molar-refractivity contribution >= 4 is 25.6 Å². The highest BCUT2D eigenvalue weighted by atomic mass is 35.7. The van der Waals surface area contributed by atoms with Gasteiger partial charge in [-0.25, -0.2) is 8.42 Å². The zero-order valence-electron chi connectivity index (χ0n) is 11.3. The van der Waals surface area contributed by atoms with E-state index in [0.717, 1.165) is 6.42 Å². The monoisotopic (exact) mass is 321 g/mol.